The van der Waals surface area contributed by atoms with Gasteiger partial charge in [-0.25, -0.2) is 19.6 Å². The number of benzene rings is 3. The first-order chi connectivity index (χ1) is 15.7. The fourth-order valence-corrected chi connectivity index (χ4v) is 3.23. The summed E-state index contributed by atoms with van der Waals surface area (Å²) < 4.78 is 10.5. The number of ether oxygens (including phenoxy) is 2. The lowest BCUT2D eigenvalue weighted by atomic mass is 10.1. The fraction of sp³-hybridized carbons (Fsp3) is 0. The summed E-state index contributed by atoms with van der Waals surface area (Å²) in [7, 11) is 0. The van der Waals surface area contributed by atoms with E-state index in [1.807, 2.05) is 84.9 Å². The predicted molar refractivity (Wildman–Crippen MR) is 121 cm³/mol. The molecule has 0 bridgehead atoms. The second kappa shape index (κ2) is 8.28. The minimum Gasteiger partial charge on any atom is -0.402 e. The maximum absolute atomic E-state index is 12.2. The lowest BCUT2D eigenvalue weighted by Gasteiger charge is -1.98. The first-order valence-corrected chi connectivity index (χ1v) is 9.92. The average molecular weight is 420 g/mol. The Balaban J connectivity index is 1.36. The van der Waals surface area contributed by atoms with Crippen LogP contribution in [0.25, 0.3) is 12.2 Å². The molecule has 6 nitrogen and oxygen atoms in total. The van der Waals surface area contributed by atoms with Crippen LogP contribution in [0.3, 0.4) is 0 Å². The second-order valence-electron chi connectivity index (χ2n) is 7.07. The highest BCUT2D eigenvalue weighted by molar-refractivity contribution is 6.13. The molecule has 0 unspecified atom stereocenters. The van der Waals surface area contributed by atoms with Crippen LogP contribution in [0.5, 0.6) is 0 Å². The van der Waals surface area contributed by atoms with E-state index in [1.54, 1.807) is 12.2 Å². The highest BCUT2D eigenvalue weighted by Crippen LogP contribution is 2.21. The molecule has 6 heteroatoms. The molecule has 0 aromatic heterocycles. The van der Waals surface area contributed by atoms with Crippen LogP contribution in [-0.4, -0.2) is 23.7 Å². The number of carbonyl (C=O) groups excluding carboxylic acids is 2. The number of hydrogen-bond acceptors (Lipinski definition) is 6. The van der Waals surface area contributed by atoms with Gasteiger partial charge in [0, 0.05) is 11.1 Å². The molecule has 0 fully saturated rings. The van der Waals surface area contributed by atoms with Crippen molar-refractivity contribution in [2.75, 3.05) is 0 Å². The number of cyclic esters (lactones) is 2. The van der Waals surface area contributed by atoms with Crippen LogP contribution in [-0.2, 0) is 19.1 Å². The molecule has 0 aliphatic carbocycles. The van der Waals surface area contributed by atoms with Crippen molar-refractivity contribution in [2.24, 2.45) is 9.98 Å². The summed E-state index contributed by atoms with van der Waals surface area (Å²) >= 11 is 0. The van der Waals surface area contributed by atoms with Gasteiger partial charge in [-0.3, -0.25) is 0 Å². The summed E-state index contributed by atoms with van der Waals surface area (Å²) in [5.74, 6) is -0.414. The number of hydrogen-bond donors (Lipinski definition) is 0. The summed E-state index contributed by atoms with van der Waals surface area (Å²) in [6.07, 6.45) is 3.31. The van der Waals surface area contributed by atoms with E-state index in [0.717, 1.165) is 22.3 Å². The third-order valence-electron chi connectivity index (χ3n) is 4.83. The van der Waals surface area contributed by atoms with Crippen molar-refractivity contribution in [3.8, 4) is 0 Å². The van der Waals surface area contributed by atoms with Crippen molar-refractivity contribution >= 4 is 35.9 Å². The Hall–Kier alpha value is -4.58. The zero-order valence-electron chi connectivity index (χ0n) is 16.8. The van der Waals surface area contributed by atoms with E-state index in [2.05, 4.69) is 9.98 Å². The molecule has 0 amide bonds. The summed E-state index contributed by atoms with van der Waals surface area (Å²) in [5, 5.41) is 0. The summed E-state index contributed by atoms with van der Waals surface area (Å²) in [4.78, 5) is 32.9. The van der Waals surface area contributed by atoms with Gasteiger partial charge in [0.1, 0.15) is 0 Å². The molecular weight excluding hydrogens is 404 g/mol. The number of aliphatic imine (C=N–C) groups is 2. The maximum atomic E-state index is 12.2. The van der Waals surface area contributed by atoms with Crippen molar-refractivity contribution in [1.29, 1.82) is 0 Å². The van der Waals surface area contributed by atoms with Crippen LogP contribution in [0.4, 0.5) is 0 Å². The standard InChI is InChI=1S/C26H16N2O4/c29-25-21(27-23(31-25)19-7-3-1-4-8-19)15-17-11-13-18(14-12-17)16-22-26(30)32-24(28-22)20-9-5-2-6-10-20/h1-16H/b21-15+,22-16?. The molecule has 3 aromatic rings. The predicted octanol–water partition coefficient (Wildman–Crippen LogP) is 4.38. The number of carbonyl (C=O) groups is 2. The molecule has 3 aromatic carbocycles. The van der Waals surface area contributed by atoms with Crippen LogP contribution in [0.1, 0.15) is 22.3 Å². The van der Waals surface area contributed by atoms with Crippen molar-refractivity contribution in [3.63, 3.8) is 0 Å². The van der Waals surface area contributed by atoms with Gasteiger partial charge in [-0.2, -0.15) is 0 Å². The van der Waals surface area contributed by atoms with E-state index in [9.17, 15) is 9.59 Å². The van der Waals surface area contributed by atoms with Gasteiger partial charge in [-0.05, 0) is 47.5 Å². The molecule has 154 valence electrons. The zero-order valence-corrected chi connectivity index (χ0v) is 16.8. The van der Waals surface area contributed by atoms with Gasteiger partial charge in [0.2, 0.25) is 11.8 Å². The van der Waals surface area contributed by atoms with E-state index in [4.69, 9.17) is 9.47 Å². The maximum Gasteiger partial charge on any atom is 0.363 e. The van der Waals surface area contributed by atoms with Gasteiger partial charge < -0.3 is 9.47 Å². The Labute approximate surface area is 183 Å². The molecule has 2 heterocycles. The molecule has 0 spiro atoms. The molecule has 2 aliphatic heterocycles. The van der Waals surface area contributed by atoms with Crippen LogP contribution >= 0.6 is 0 Å². The molecule has 0 saturated heterocycles. The van der Waals surface area contributed by atoms with Crippen LogP contribution in [0, 0.1) is 0 Å². The van der Waals surface area contributed by atoms with Crippen LogP contribution in [0.15, 0.2) is 106 Å². The van der Waals surface area contributed by atoms with Crippen LogP contribution < -0.4 is 0 Å². The van der Waals surface area contributed by atoms with Crippen LogP contribution in [0.2, 0.25) is 0 Å². The minimum atomic E-state index is -0.494. The third-order valence-corrected chi connectivity index (χ3v) is 4.83. The fourth-order valence-electron chi connectivity index (χ4n) is 3.23. The first-order valence-electron chi connectivity index (χ1n) is 9.92. The lowest BCUT2D eigenvalue weighted by molar-refractivity contribution is -0.130. The molecule has 2 aliphatic rings. The van der Waals surface area contributed by atoms with Crippen molar-refractivity contribution in [3.05, 3.63) is 119 Å². The molecular formula is C26H16N2O4. The zero-order chi connectivity index (χ0) is 21.9. The molecule has 0 atom stereocenters. The molecule has 32 heavy (non-hydrogen) atoms. The quantitative estimate of drug-likeness (QED) is 0.464. The SMILES string of the molecule is O=C1OC(c2ccccc2)=NC1=Cc1ccc(/C=C2/N=C(c3ccccc3)OC2=O)cc1. The van der Waals surface area contributed by atoms with Gasteiger partial charge in [-0.1, -0.05) is 60.7 Å². The molecule has 0 saturated carbocycles. The highest BCUT2D eigenvalue weighted by Gasteiger charge is 2.25. The summed E-state index contributed by atoms with van der Waals surface area (Å²) in [6.45, 7) is 0. The Morgan fingerprint density at radius 1 is 0.531 bits per heavy atom. The van der Waals surface area contributed by atoms with Gasteiger partial charge >= 0.3 is 11.9 Å². The second-order valence-corrected chi connectivity index (χ2v) is 7.07. The topological polar surface area (TPSA) is 77.3 Å². The average Bonchev–Trinajstić information content (AvgIpc) is 3.38. The Kier molecular flexibility index (Phi) is 5.01. The highest BCUT2D eigenvalue weighted by atomic mass is 16.6. The van der Waals surface area contributed by atoms with Gasteiger partial charge in [-0.15, -0.1) is 0 Å². The minimum absolute atomic E-state index is 0.228. The Morgan fingerprint density at radius 3 is 1.28 bits per heavy atom. The van der Waals surface area contributed by atoms with E-state index >= 15 is 0 Å². The van der Waals surface area contributed by atoms with E-state index in [1.165, 1.54) is 0 Å². The van der Waals surface area contributed by atoms with Crippen molar-refractivity contribution in [2.45, 2.75) is 0 Å². The van der Waals surface area contributed by atoms with E-state index in [0.29, 0.717) is 0 Å². The first kappa shape index (κ1) is 19.4. The monoisotopic (exact) mass is 420 g/mol. The van der Waals surface area contributed by atoms with Crippen molar-refractivity contribution in [1.82, 2.24) is 0 Å². The number of rotatable bonds is 4. The van der Waals surface area contributed by atoms with Gasteiger partial charge in [0.25, 0.3) is 0 Å². The Bertz CT molecular complexity index is 1210. The van der Waals surface area contributed by atoms with Crippen molar-refractivity contribution < 1.29 is 19.1 Å². The normalized spacial score (nSPS) is 17.9. The Morgan fingerprint density at radius 2 is 0.906 bits per heavy atom. The molecule has 5 rings (SSSR count). The largest absolute Gasteiger partial charge is 0.402 e. The number of esters is 2. The van der Waals surface area contributed by atoms with E-state index < -0.39 is 11.9 Å². The van der Waals surface area contributed by atoms with E-state index in [-0.39, 0.29) is 23.2 Å². The van der Waals surface area contributed by atoms with Gasteiger partial charge in [0.15, 0.2) is 11.4 Å². The van der Waals surface area contributed by atoms with Gasteiger partial charge in [0.05, 0.1) is 0 Å². The summed E-state index contributed by atoms with van der Waals surface area (Å²) in [5.41, 5.74) is 3.49. The smallest absolute Gasteiger partial charge is 0.363 e. The molecule has 0 N–H and O–H groups in total. The molecule has 0 radical (unpaired) electrons. The number of nitrogens with zero attached hydrogens (tertiary/aromatic N) is 2. The third kappa shape index (κ3) is 4.02. The lowest BCUT2D eigenvalue weighted by Crippen LogP contribution is -2.05. The summed E-state index contributed by atoms with van der Waals surface area (Å²) in [6, 6.07) is 25.8.